The van der Waals surface area contributed by atoms with Crippen molar-refractivity contribution in [2.24, 2.45) is 12.8 Å². The Morgan fingerprint density at radius 1 is 0.737 bits per heavy atom. The molecular weight excluding hydrogens is 1230 g/mol. The molecule has 3 aromatic heterocycles. The minimum atomic E-state index is -0.693. The van der Waals surface area contributed by atoms with Crippen LogP contribution in [-0.4, -0.2) is 240 Å². The molecule has 0 spiro atoms. The number of esters is 1. The third-order valence-corrected chi connectivity index (χ3v) is 18.1. The van der Waals surface area contributed by atoms with E-state index < -0.39 is 29.5 Å². The minimum absolute atomic E-state index is 0.00411. The van der Waals surface area contributed by atoms with Crippen molar-refractivity contribution < 1.29 is 61.7 Å². The second kappa shape index (κ2) is 32.2. The minimum Gasteiger partial charge on any atom is -0.468 e. The number of carbonyl (C=O) groups is 8. The Bertz CT molecular complexity index is 3740. The lowest BCUT2D eigenvalue weighted by Gasteiger charge is -2.37. The van der Waals surface area contributed by atoms with Crippen LogP contribution >= 0.6 is 0 Å². The van der Waals surface area contributed by atoms with Gasteiger partial charge in [-0.15, -0.1) is 0 Å². The zero-order valence-corrected chi connectivity index (χ0v) is 54.4. The van der Waals surface area contributed by atoms with Crippen LogP contribution in [0.15, 0.2) is 67.0 Å². The number of halogens is 1. The van der Waals surface area contributed by atoms with Crippen LogP contribution in [0.3, 0.4) is 0 Å². The van der Waals surface area contributed by atoms with Gasteiger partial charge in [0.05, 0.1) is 94.9 Å². The van der Waals surface area contributed by atoms with Crippen LogP contribution in [0.5, 0.6) is 0 Å². The Labute approximate surface area is 549 Å². The van der Waals surface area contributed by atoms with Gasteiger partial charge in [-0.2, -0.15) is 10.2 Å². The summed E-state index contributed by atoms with van der Waals surface area (Å²) in [7, 11) is 6.27. The summed E-state index contributed by atoms with van der Waals surface area (Å²) in [5, 5.41) is 19.1. The quantitative estimate of drug-likeness (QED) is 0.0382. The lowest BCUT2D eigenvalue weighted by molar-refractivity contribution is -0.141. The van der Waals surface area contributed by atoms with Crippen molar-refractivity contribution in [3.63, 3.8) is 0 Å². The van der Waals surface area contributed by atoms with Crippen LogP contribution in [0.1, 0.15) is 91.4 Å². The zero-order valence-electron chi connectivity index (χ0n) is 54.4. The molecule has 0 saturated carbocycles. The topological polar surface area (TPSA) is 316 Å². The number of rotatable bonds is 29. The van der Waals surface area contributed by atoms with E-state index >= 15 is 4.39 Å². The average molecular weight is 1310 g/mol. The monoisotopic (exact) mass is 1310 g/mol. The number of piperidine rings is 3. The number of methoxy groups -OCH3 is 1. The summed E-state index contributed by atoms with van der Waals surface area (Å²) in [5.41, 5.74) is 10.5. The van der Waals surface area contributed by atoms with Gasteiger partial charge in [-0.1, -0.05) is 24.3 Å². The number of nitrogens with zero attached hydrogens (tertiary/aromatic N) is 12. The van der Waals surface area contributed by atoms with Gasteiger partial charge in [0.2, 0.25) is 29.5 Å². The Morgan fingerprint density at radius 2 is 1.43 bits per heavy atom. The highest BCUT2D eigenvalue weighted by molar-refractivity contribution is 6.00. The number of hydrogen-bond acceptors (Lipinski definition) is 18. The number of nitrogens with two attached hydrogens (primary N) is 1. The molecule has 95 heavy (non-hydrogen) atoms. The molecule has 4 aliphatic heterocycles. The number of benzene rings is 3. The SMILES string of the molecule is COC(=O)CNC(=O)CN(C)C(=O)Cn1nc(C2CCN(C(=O)CCC(=O)NCCOCCOCCOCCC(=O)N3CCC(c4ccc(Nc5nc(N6CCC[C@@H](N7CCN(C)C7=O)C6)cnc5C(N)=O)cc4)CC3)CC2)c2c(-c3cc4c(cnn4C)cc3F)cccc21. The largest absolute Gasteiger partial charge is 0.468 e. The molecule has 3 aromatic carbocycles. The van der Waals surface area contributed by atoms with Gasteiger partial charge >= 0.3 is 12.0 Å². The van der Waals surface area contributed by atoms with Crippen LogP contribution in [-0.2, 0) is 61.3 Å². The zero-order chi connectivity index (χ0) is 67.1. The number of amides is 8. The molecule has 7 heterocycles. The normalized spacial score (nSPS) is 16.4. The lowest BCUT2D eigenvalue weighted by atomic mass is 9.88. The van der Waals surface area contributed by atoms with Crippen LogP contribution < -0.4 is 26.6 Å². The number of anilines is 3. The molecule has 4 fully saturated rings. The predicted molar refractivity (Wildman–Crippen MR) is 349 cm³/mol. The first-order valence-electron chi connectivity index (χ1n) is 32.5. The molecule has 6 aromatic rings. The Kier molecular flexibility index (Phi) is 23.2. The lowest BCUT2D eigenvalue weighted by Crippen LogP contribution is -2.49. The Hall–Kier alpha value is -9.35. The van der Waals surface area contributed by atoms with E-state index in [0.29, 0.717) is 124 Å². The fourth-order valence-electron chi connectivity index (χ4n) is 12.8. The van der Waals surface area contributed by atoms with Gasteiger partial charge in [0.25, 0.3) is 5.91 Å². The number of nitrogens with one attached hydrogen (secondary N) is 3. The maximum atomic E-state index is 16.0. The number of ether oxygens (including phenoxy) is 4. The molecule has 0 radical (unpaired) electrons. The second-order valence-electron chi connectivity index (χ2n) is 24.4. The number of aryl methyl sites for hydroxylation is 1. The molecule has 4 aliphatic rings. The van der Waals surface area contributed by atoms with E-state index in [0.717, 1.165) is 49.0 Å². The predicted octanol–water partition coefficient (Wildman–Crippen LogP) is 3.89. The highest BCUT2D eigenvalue weighted by Gasteiger charge is 2.36. The number of carbonyl (C=O) groups excluding carboxylic acids is 8. The van der Waals surface area contributed by atoms with Crippen molar-refractivity contribution in [1.82, 2.24) is 64.7 Å². The van der Waals surface area contributed by atoms with Gasteiger partial charge in [0.1, 0.15) is 24.7 Å². The van der Waals surface area contributed by atoms with Gasteiger partial charge in [-0.25, -0.2) is 19.2 Å². The molecule has 28 nitrogen and oxygen atoms in total. The van der Waals surface area contributed by atoms with Crippen LogP contribution in [0.4, 0.5) is 26.5 Å². The molecular formula is C66H85FN16O12. The van der Waals surface area contributed by atoms with Gasteiger partial charge < -0.3 is 70.0 Å². The average Bonchev–Trinajstić information content (AvgIpc) is 1.63. The van der Waals surface area contributed by atoms with Crippen LogP contribution in [0, 0.1) is 5.82 Å². The molecule has 8 amide bonds. The number of fused-ring (bicyclic) bond motifs is 2. The Morgan fingerprint density at radius 3 is 2.13 bits per heavy atom. The number of aromatic nitrogens is 6. The van der Waals surface area contributed by atoms with Gasteiger partial charge in [-0.05, 0) is 85.9 Å². The Balaban J connectivity index is 0.583. The fourth-order valence-corrected chi connectivity index (χ4v) is 12.8. The highest BCUT2D eigenvalue weighted by Crippen LogP contribution is 2.40. The van der Waals surface area contributed by atoms with Crippen molar-refractivity contribution in [1.29, 1.82) is 0 Å². The smallest absolute Gasteiger partial charge is 0.325 e. The van der Waals surface area contributed by atoms with Crippen molar-refractivity contribution in [2.45, 2.75) is 82.2 Å². The number of urea groups is 1. The van der Waals surface area contributed by atoms with Crippen LogP contribution in [0.2, 0.25) is 0 Å². The number of primary amides is 1. The molecule has 0 bridgehead atoms. The fraction of sp³-hybridized carbons (Fsp3) is 0.515. The van der Waals surface area contributed by atoms with Crippen molar-refractivity contribution >= 4 is 86.6 Å². The third kappa shape index (κ3) is 17.3. The molecule has 29 heteroatoms. The molecule has 1 atom stereocenters. The first-order chi connectivity index (χ1) is 45.9. The molecule has 4 saturated heterocycles. The standard InChI is InChI=1S/C66H85FN16O12/c1-76-27-28-82(66(76)91)48-7-6-22-81(40-48)54-38-71-63(64(68)90)65(74-54)73-47-12-10-43(11-13-47)44-16-23-80(24-17-44)58(87)20-29-93-31-33-95-34-32-94-30-21-69-55(84)14-15-57(86)79-25-18-45(19-26-79)62-61-49(50-36-53-46(35-51(50)67)37-72-78(53)3)8-5-9-52(61)83(75-62)42-59(88)77(2)41-56(85)70-39-60(89)92-4/h5,8-13,35-38,44-45,48H,6-7,14-34,39-42H2,1-4H3,(H2,68,90)(H,69,84)(H,70,85)(H,73,74)/t48-/m1/s1. The van der Waals surface area contributed by atoms with E-state index in [1.165, 1.54) is 25.1 Å². The summed E-state index contributed by atoms with van der Waals surface area (Å²) in [4.78, 5) is 122. The maximum Gasteiger partial charge on any atom is 0.325 e. The third-order valence-electron chi connectivity index (χ3n) is 18.1. The van der Waals surface area contributed by atoms with Crippen molar-refractivity contribution in [3.8, 4) is 11.1 Å². The molecule has 0 aliphatic carbocycles. The number of hydrogen-bond donors (Lipinski definition) is 4. The summed E-state index contributed by atoms with van der Waals surface area (Å²) in [6.07, 6.45) is 7.95. The maximum absolute atomic E-state index is 16.0. The first-order valence-corrected chi connectivity index (χ1v) is 32.5. The van der Waals surface area contributed by atoms with E-state index in [-0.39, 0.29) is 112 Å². The molecule has 0 unspecified atom stereocenters. The van der Waals surface area contributed by atoms with Gasteiger partial charge in [0, 0.05) is 121 Å². The van der Waals surface area contributed by atoms with E-state index in [2.05, 4.69) is 47.8 Å². The van der Waals surface area contributed by atoms with Gasteiger partial charge in [0.15, 0.2) is 11.5 Å². The molecule has 5 N–H and O–H groups in total. The summed E-state index contributed by atoms with van der Waals surface area (Å²) in [6, 6.07) is 16.7. The van der Waals surface area contributed by atoms with Gasteiger partial charge in [-0.3, -0.25) is 42.9 Å². The summed E-state index contributed by atoms with van der Waals surface area (Å²) < 4.78 is 40.8. The summed E-state index contributed by atoms with van der Waals surface area (Å²) in [5.74, 6) is -2.16. The highest BCUT2D eigenvalue weighted by atomic mass is 19.1. The van der Waals surface area contributed by atoms with Crippen molar-refractivity contribution in [2.75, 3.05) is 143 Å². The van der Waals surface area contributed by atoms with E-state index in [9.17, 15) is 38.4 Å². The number of likely N-dealkylation sites (tertiary alicyclic amines) is 2. The number of likely N-dealkylation sites (N-methyl/N-ethyl adjacent to an activating group) is 2. The summed E-state index contributed by atoms with van der Waals surface area (Å²) >= 11 is 0. The van der Waals surface area contributed by atoms with E-state index in [1.54, 1.807) is 50.7 Å². The first kappa shape index (κ1) is 68.5. The van der Waals surface area contributed by atoms with E-state index in [4.69, 9.17) is 30.0 Å². The molecule has 508 valence electrons. The second-order valence-corrected chi connectivity index (χ2v) is 24.4. The summed E-state index contributed by atoms with van der Waals surface area (Å²) in [6.45, 7) is 6.01. The van der Waals surface area contributed by atoms with Crippen LogP contribution in [0.25, 0.3) is 32.9 Å². The van der Waals surface area contributed by atoms with E-state index in [1.807, 2.05) is 41.1 Å². The van der Waals surface area contributed by atoms with Crippen molar-refractivity contribution in [3.05, 3.63) is 89.8 Å². The molecule has 10 rings (SSSR count).